The van der Waals surface area contributed by atoms with E-state index in [1.165, 1.54) is 48.7 Å². The maximum atomic E-state index is 6.60. The molecule has 0 spiro atoms. The van der Waals surface area contributed by atoms with Crippen LogP contribution in [0.3, 0.4) is 0 Å². The van der Waals surface area contributed by atoms with Crippen molar-refractivity contribution >= 4 is 82.1 Å². The van der Waals surface area contributed by atoms with Crippen LogP contribution in [0.2, 0.25) is 0 Å². The summed E-state index contributed by atoms with van der Waals surface area (Å²) in [5, 5.41) is 12.1. The molecule has 0 saturated heterocycles. The van der Waals surface area contributed by atoms with Crippen LogP contribution in [-0.4, -0.2) is 0 Å². The van der Waals surface area contributed by atoms with Crippen LogP contribution in [0.5, 0.6) is 0 Å². The normalized spacial score (nSPS) is 11.8. The van der Waals surface area contributed by atoms with Gasteiger partial charge >= 0.3 is 0 Å². The van der Waals surface area contributed by atoms with Gasteiger partial charge in [0.1, 0.15) is 11.2 Å². The van der Waals surface area contributed by atoms with E-state index in [1.807, 2.05) is 0 Å². The summed E-state index contributed by atoms with van der Waals surface area (Å²) in [7, 11) is 0. The van der Waals surface area contributed by atoms with Crippen molar-refractivity contribution in [1.82, 2.24) is 0 Å². The Kier molecular flexibility index (Phi) is 5.91. The van der Waals surface area contributed by atoms with E-state index < -0.39 is 0 Å². The number of nitrogens with zero attached hydrogens (tertiary/aromatic N) is 1. The van der Waals surface area contributed by atoms with Crippen LogP contribution in [0, 0.1) is 0 Å². The highest BCUT2D eigenvalue weighted by atomic mass is 16.3. The summed E-state index contributed by atoms with van der Waals surface area (Å²) in [4.78, 5) is 2.41. The quantitative estimate of drug-likeness (QED) is 0.184. The average molecular weight is 612 g/mol. The molecule has 0 amide bonds. The van der Waals surface area contributed by atoms with Crippen LogP contribution in [0.4, 0.5) is 17.1 Å². The van der Waals surface area contributed by atoms with Gasteiger partial charge in [-0.15, -0.1) is 0 Å². The highest BCUT2D eigenvalue weighted by Crippen LogP contribution is 2.46. The number of furan rings is 1. The second-order valence-corrected chi connectivity index (χ2v) is 12.5. The van der Waals surface area contributed by atoms with Gasteiger partial charge in [0.15, 0.2) is 0 Å². The summed E-state index contributed by atoms with van der Waals surface area (Å²) in [5.41, 5.74) is 7.38. The molecule has 0 unspecified atom stereocenters. The number of rotatable bonds is 4. The zero-order valence-electron chi connectivity index (χ0n) is 26.1. The molecule has 10 aromatic rings. The van der Waals surface area contributed by atoms with E-state index in [2.05, 4.69) is 181 Å². The smallest absolute Gasteiger partial charge is 0.137 e. The molecule has 0 aliphatic carbocycles. The molecule has 224 valence electrons. The van der Waals surface area contributed by atoms with Crippen molar-refractivity contribution in [3.05, 3.63) is 176 Å². The number of para-hydroxylation sites is 1. The van der Waals surface area contributed by atoms with Gasteiger partial charge in [-0.25, -0.2) is 0 Å². The number of hydrogen-bond donors (Lipinski definition) is 0. The maximum Gasteiger partial charge on any atom is 0.137 e. The molecule has 9 aromatic carbocycles. The van der Waals surface area contributed by atoms with E-state index in [1.54, 1.807) is 0 Å². The minimum absolute atomic E-state index is 0.872. The molecule has 48 heavy (non-hydrogen) atoms. The molecule has 0 atom stereocenters. The summed E-state index contributed by atoms with van der Waals surface area (Å²) < 4.78 is 6.60. The Hall–Kier alpha value is -6.38. The van der Waals surface area contributed by atoms with Gasteiger partial charge in [-0.05, 0) is 79.7 Å². The monoisotopic (exact) mass is 611 g/mol. The van der Waals surface area contributed by atoms with Crippen molar-refractivity contribution in [2.75, 3.05) is 4.90 Å². The summed E-state index contributed by atoms with van der Waals surface area (Å²) in [6.45, 7) is 0. The van der Waals surface area contributed by atoms with Crippen LogP contribution in [-0.2, 0) is 0 Å². The van der Waals surface area contributed by atoms with Gasteiger partial charge in [-0.2, -0.15) is 0 Å². The zero-order valence-corrected chi connectivity index (χ0v) is 26.1. The van der Waals surface area contributed by atoms with Crippen LogP contribution in [0.1, 0.15) is 0 Å². The fourth-order valence-electron chi connectivity index (χ4n) is 7.57. The predicted octanol–water partition coefficient (Wildman–Crippen LogP) is 13.3. The van der Waals surface area contributed by atoms with Gasteiger partial charge in [-0.3, -0.25) is 0 Å². The minimum Gasteiger partial charge on any atom is -0.456 e. The zero-order chi connectivity index (χ0) is 31.6. The predicted molar refractivity (Wildman–Crippen MR) is 204 cm³/mol. The van der Waals surface area contributed by atoms with Gasteiger partial charge < -0.3 is 9.32 Å². The first-order chi connectivity index (χ1) is 23.8. The molecule has 2 nitrogen and oxygen atoms in total. The fraction of sp³-hybridized carbons (Fsp3) is 0. The lowest BCUT2D eigenvalue weighted by Crippen LogP contribution is -2.11. The Balaban J connectivity index is 1.27. The lowest BCUT2D eigenvalue weighted by Gasteiger charge is -2.29. The standard InChI is InChI=1S/C46H29NO/c1-2-11-30(12-3-1)36-16-8-9-19-42(36)47(35-24-26-39-41-27-33-14-4-5-15-34(33)28-44(41)48-45(39)29-35)43-20-10-18-40-38(43)25-23-32-22-21-31-13-6-7-17-37(31)46(32)40/h1-29H. The first-order valence-electron chi connectivity index (χ1n) is 16.4. The third-order valence-corrected chi connectivity index (χ3v) is 9.80. The Labute approximate surface area is 277 Å². The summed E-state index contributed by atoms with van der Waals surface area (Å²) >= 11 is 0. The minimum atomic E-state index is 0.872. The van der Waals surface area contributed by atoms with Crippen molar-refractivity contribution in [2.45, 2.75) is 0 Å². The maximum absolute atomic E-state index is 6.60. The number of benzene rings is 9. The Morgan fingerprint density at radius 1 is 0.354 bits per heavy atom. The Morgan fingerprint density at radius 3 is 1.90 bits per heavy atom. The SMILES string of the molecule is c1ccc(-c2ccccc2N(c2ccc3c(c2)oc2cc4ccccc4cc23)c2cccc3c2ccc2ccc4ccccc4c23)cc1. The molecule has 0 saturated carbocycles. The van der Waals surface area contributed by atoms with E-state index in [9.17, 15) is 0 Å². The number of anilines is 3. The summed E-state index contributed by atoms with van der Waals surface area (Å²) in [6.07, 6.45) is 0. The molecule has 1 heterocycles. The van der Waals surface area contributed by atoms with Gasteiger partial charge in [0, 0.05) is 33.5 Å². The van der Waals surface area contributed by atoms with E-state index >= 15 is 0 Å². The molecule has 0 bridgehead atoms. The first-order valence-corrected chi connectivity index (χ1v) is 16.4. The second-order valence-electron chi connectivity index (χ2n) is 12.5. The van der Waals surface area contributed by atoms with Gasteiger partial charge in [-0.1, -0.05) is 133 Å². The molecule has 0 aliphatic rings. The van der Waals surface area contributed by atoms with E-state index in [0.717, 1.165) is 44.6 Å². The molecule has 10 rings (SSSR count). The van der Waals surface area contributed by atoms with Gasteiger partial charge in [0.25, 0.3) is 0 Å². The van der Waals surface area contributed by atoms with Crippen molar-refractivity contribution in [2.24, 2.45) is 0 Å². The number of hydrogen-bond acceptors (Lipinski definition) is 2. The van der Waals surface area contributed by atoms with E-state index in [4.69, 9.17) is 4.42 Å². The highest BCUT2D eigenvalue weighted by molar-refractivity contribution is 6.22. The van der Waals surface area contributed by atoms with Gasteiger partial charge in [0.05, 0.1) is 11.4 Å². The van der Waals surface area contributed by atoms with Gasteiger partial charge in [0.2, 0.25) is 0 Å². The van der Waals surface area contributed by atoms with Crippen molar-refractivity contribution in [1.29, 1.82) is 0 Å². The van der Waals surface area contributed by atoms with Crippen molar-refractivity contribution in [3.8, 4) is 11.1 Å². The molecule has 0 fully saturated rings. The van der Waals surface area contributed by atoms with Crippen molar-refractivity contribution < 1.29 is 4.42 Å². The summed E-state index contributed by atoms with van der Waals surface area (Å²) in [6, 6.07) is 63.3. The molecule has 0 N–H and O–H groups in total. The molecular weight excluding hydrogens is 583 g/mol. The average Bonchev–Trinajstić information content (AvgIpc) is 3.50. The number of fused-ring (bicyclic) bond motifs is 9. The van der Waals surface area contributed by atoms with E-state index in [0.29, 0.717) is 0 Å². The van der Waals surface area contributed by atoms with Crippen LogP contribution < -0.4 is 4.90 Å². The van der Waals surface area contributed by atoms with Crippen LogP contribution in [0.25, 0.3) is 76.2 Å². The third-order valence-electron chi connectivity index (χ3n) is 9.80. The third kappa shape index (κ3) is 4.13. The van der Waals surface area contributed by atoms with E-state index in [-0.39, 0.29) is 0 Å². The highest BCUT2D eigenvalue weighted by Gasteiger charge is 2.21. The van der Waals surface area contributed by atoms with Crippen LogP contribution in [0.15, 0.2) is 180 Å². The lowest BCUT2D eigenvalue weighted by atomic mass is 9.95. The molecule has 2 heteroatoms. The van der Waals surface area contributed by atoms with Crippen LogP contribution >= 0.6 is 0 Å². The second kappa shape index (κ2) is 10.6. The Bertz CT molecular complexity index is 2850. The molecule has 0 aliphatic heterocycles. The first kappa shape index (κ1) is 26.8. The van der Waals surface area contributed by atoms with Crippen molar-refractivity contribution in [3.63, 3.8) is 0 Å². The Morgan fingerprint density at radius 2 is 1.00 bits per heavy atom. The molecule has 0 radical (unpaired) electrons. The lowest BCUT2D eigenvalue weighted by molar-refractivity contribution is 0.669. The largest absolute Gasteiger partial charge is 0.456 e. The molecular formula is C46H29NO. The fourth-order valence-corrected chi connectivity index (χ4v) is 7.57. The molecule has 1 aromatic heterocycles. The topological polar surface area (TPSA) is 16.4 Å². The summed E-state index contributed by atoms with van der Waals surface area (Å²) in [5.74, 6) is 0.